The maximum Gasteiger partial charge on any atom is 0.284 e. The van der Waals surface area contributed by atoms with Crippen molar-refractivity contribution >= 4 is 17.5 Å². The van der Waals surface area contributed by atoms with Crippen molar-refractivity contribution in [2.75, 3.05) is 0 Å². The molecule has 2 aliphatic rings. The van der Waals surface area contributed by atoms with Gasteiger partial charge in [-0.1, -0.05) is 11.6 Å². The Morgan fingerprint density at radius 2 is 2.31 bits per heavy atom. The van der Waals surface area contributed by atoms with E-state index < -0.39 is 0 Å². The first-order chi connectivity index (χ1) is 7.65. The number of rotatable bonds is 0. The van der Waals surface area contributed by atoms with Crippen LogP contribution in [0.15, 0.2) is 18.2 Å². The number of carbonyl (C=O) groups excluding carboxylic acids is 1. The van der Waals surface area contributed by atoms with E-state index >= 15 is 0 Å². The molecule has 0 aliphatic carbocycles. The molecule has 0 N–H and O–H groups in total. The van der Waals surface area contributed by atoms with Crippen molar-refractivity contribution in [3.63, 3.8) is 0 Å². The fourth-order valence-electron chi connectivity index (χ4n) is 1.99. The molecule has 0 radical (unpaired) electrons. The average molecular weight is 240 g/mol. The Bertz CT molecular complexity index is 463. The first-order valence-electron chi connectivity index (χ1n) is 5.11. The summed E-state index contributed by atoms with van der Waals surface area (Å²) in [5.41, 5.74) is 0.495. The molecule has 16 heavy (non-hydrogen) atoms. The zero-order valence-corrected chi connectivity index (χ0v) is 9.40. The van der Waals surface area contributed by atoms with Gasteiger partial charge in [-0.2, -0.15) is 5.06 Å². The fraction of sp³-hybridized carbons (Fsp3) is 0.364. The van der Waals surface area contributed by atoms with Crippen LogP contribution in [0, 0.1) is 0 Å². The number of ether oxygens (including phenoxy) is 1. The van der Waals surface area contributed by atoms with E-state index in [1.807, 2.05) is 6.92 Å². The largest absolute Gasteiger partial charge is 0.467 e. The molecule has 2 atom stereocenters. The van der Waals surface area contributed by atoms with Gasteiger partial charge in [0.05, 0.1) is 11.7 Å². The highest BCUT2D eigenvalue weighted by molar-refractivity contribution is 6.30. The molecule has 3 rings (SSSR count). The number of fused-ring (bicyclic) bond motifs is 2. The standard InChI is InChI=1S/C11H10ClNO3/c1-6-4-10-13(16-6)11(14)8-3-2-7(12)5-9(8)15-10/h2-3,5-6,10H,4H2,1H3. The van der Waals surface area contributed by atoms with E-state index in [0.29, 0.717) is 22.8 Å². The Balaban J connectivity index is 2.03. The summed E-state index contributed by atoms with van der Waals surface area (Å²) in [6, 6.07) is 4.99. The van der Waals surface area contributed by atoms with Gasteiger partial charge in [0, 0.05) is 11.4 Å². The highest BCUT2D eigenvalue weighted by atomic mass is 35.5. The molecule has 5 heteroatoms. The Labute approximate surface area is 97.7 Å². The quantitative estimate of drug-likeness (QED) is 0.697. The SMILES string of the molecule is CC1CC2Oc3cc(Cl)ccc3C(=O)N2O1. The van der Waals surface area contributed by atoms with Crippen molar-refractivity contribution in [2.24, 2.45) is 0 Å². The lowest BCUT2D eigenvalue weighted by Crippen LogP contribution is -2.42. The van der Waals surface area contributed by atoms with Crippen molar-refractivity contribution in [1.82, 2.24) is 5.06 Å². The smallest absolute Gasteiger partial charge is 0.284 e. The molecule has 2 aliphatic heterocycles. The van der Waals surface area contributed by atoms with Gasteiger partial charge >= 0.3 is 0 Å². The monoisotopic (exact) mass is 239 g/mol. The number of amides is 1. The molecule has 4 nitrogen and oxygen atoms in total. The van der Waals surface area contributed by atoms with Crippen LogP contribution in [0.4, 0.5) is 0 Å². The minimum absolute atomic E-state index is 0.00117. The van der Waals surface area contributed by atoms with Gasteiger partial charge in [-0.15, -0.1) is 0 Å². The van der Waals surface area contributed by atoms with Crippen LogP contribution in [0.25, 0.3) is 0 Å². The molecule has 0 bridgehead atoms. The zero-order valence-electron chi connectivity index (χ0n) is 8.64. The second-order valence-electron chi connectivity index (χ2n) is 4.00. The van der Waals surface area contributed by atoms with Gasteiger partial charge < -0.3 is 4.74 Å². The predicted octanol–water partition coefficient (Wildman–Crippen LogP) is 2.22. The molecule has 1 fully saturated rings. The number of benzene rings is 1. The molecule has 0 saturated carbocycles. The third-order valence-electron chi connectivity index (χ3n) is 2.73. The van der Waals surface area contributed by atoms with E-state index in [0.717, 1.165) is 0 Å². The molecule has 1 aromatic rings. The van der Waals surface area contributed by atoms with Gasteiger partial charge in [-0.05, 0) is 25.1 Å². The van der Waals surface area contributed by atoms with Crippen molar-refractivity contribution in [3.8, 4) is 5.75 Å². The molecule has 2 heterocycles. The molecule has 84 valence electrons. The van der Waals surface area contributed by atoms with E-state index in [9.17, 15) is 4.79 Å². The molecule has 1 saturated heterocycles. The Morgan fingerprint density at radius 1 is 1.50 bits per heavy atom. The van der Waals surface area contributed by atoms with E-state index in [4.69, 9.17) is 21.2 Å². The summed E-state index contributed by atoms with van der Waals surface area (Å²) in [5.74, 6) is 0.378. The van der Waals surface area contributed by atoms with Gasteiger partial charge in [0.2, 0.25) is 6.23 Å². The summed E-state index contributed by atoms with van der Waals surface area (Å²) < 4.78 is 5.67. The summed E-state index contributed by atoms with van der Waals surface area (Å²) >= 11 is 5.86. The number of halogens is 1. The number of hydroxylamine groups is 2. The Morgan fingerprint density at radius 3 is 3.12 bits per heavy atom. The first-order valence-corrected chi connectivity index (χ1v) is 5.49. The topological polar surface area (TPSA) is 38.8 Å². The van der Waals surface area contributed by atoms with Crippen LogP contribution in [0.2, 0.25) is 5.02 Å². The fourth-order valence-corrected chi connectivity index (χ4v) is 2.16. The number of hydrogen-bond acceptors (Lipinski definition) is 3. The van der Waals surface area contributed by atoms with Crippen LogP contribution in [-0.4, -0.2) is 23.3 Å². The van der Waals surface area contributed by atoms with Gasteiger partial charge in [0.1, 0.15) is 5.75 Å². The van der Waals surface area contributed by atoms with Gasteiger partial charge in [-0.25, -0.2) is 0 Å². The third kappa shape index (κ3) is 1.37. The zero-order chi connectivity index (χ0) is 11.3. The van der Waals surface area contributed by atoms with Crippen LogP contribution < -0.4 is 4.74 Å². The lowest BCUT2D eigenvalue weighted by atomic mass is 10.1. The number of nitrogens with zero attached hydrogens (tertiary/aromatic N) is 1. The van der Waals surface area contributed by atoms with Gasteiger partial charge in [-0.3, -0.25) is 9.63 Å². The minimum Gasteiger partial charge on any atom is -0.467 e. The number of carbonyl (C=O) groups is 1. The molecule has 1 amide bonds. The lowest BCUT2D eigenvalue weighted by molar-refractivity contribution is -0.158. The highest BCUT2D eigenvalue weighted by Crippen LogP contribution is 2.35. The second kappa shape index (κ2) is 3.37. The maximum atomic E-state index is 12.0. The van der Waals surface area contributed by atoms with Crippen LogP contribution in [0.1, 0.15) is 23.7 Å². The summed E-state index contributed by atoms with van der Waals surface area (Å²) in [7, 11) is 0. The molecule has 0 aromatic heterocycles. The average Bonchev–Trinajstić information content (AvgIpc) is 2.59. The molecular formula is C11H10ClNO3. The second-order valence-corrected chi connectivity index (χ2v) is 4.43. The van der Waals surface area contributed by atoms with Gasteiger partial charge in [0.15, 0.2) is 0 Å². The first kappa shape index (κ1) is 9.93. The Hall–Kier alpha value is -1.26. The minimum atomic E-state index is -0.325. The van der Waals surface area contributed by atoms with E-state index in [2.05, 4.69) is 0 Å². The maximum absolute atomic E-state index is 12.0. The molecular weight excluding hydrogens is 230 g/mol. The van der Waals surface area contributed by atoms with Crippen molar-refractivity contribution < 1.29 is 14.4 Å². The summed E-state index contributed by atoms with van der Waals surface area (Å²) in [6.07, 6.45) is 0.352. The summed E-state index contributed by atoms with van der Waals surface area (Å²) in [5, 5.41) is 1.87. The molecule has 2 unspecified atom stereocenters. The van der Waals surface area contributed by atoms with E-state index in [-0.39, 0.29) is 18.2 Å². The normalized spacial score (nSPS) is 27.4. The van der Waals surface area contributed by atoms with Crippen LogP contribution in [0.5, 0.6) is 5.75 Å². The van der Waals surface area contributed by atoms with Crippen molar-refractivity contribution in [2.45, 2.75) is 25.7 Å². The van der Waals surface area contributed by atoms with Crippen LogP contribution in [0.3, 0.4) is 0 Å². The van der Waals surface area contributed by atoms with Crippen molar-refractivity contribution in [3.05, 3.63) is 28.8 Å². The van der Waals surface area contributed by atoms with Crippen molar-refractivity contribution in [1.29, 1.82) is 0 Å². The summed E-state index contributed by atoms with van der Waals surface area (Å²) in [6.45, 7) is 1.91. The predicted molar refractivity (Wildman–Crippen MR) is 57.2 cm³/mol. The highest BCUT2D eigenvalue weighted by Gasteiger charge is 2.41. The van der Waals surface area contributed by atoms with Crippen LogP contribution >= 0.6 is 11.6 Å². The Kier molecular flexibility index (Phi) is 2.09. The lowest BCUT2D eigenvalue weighted by Gasteiger charge is -2.29. The van der Waals surface area contributed by atoms with Crippen LogP contribution in [-0.2, 0) is 4.84 Å². The van der Waals surface area contributed by atoms with Gasteiger partial charge in [0.25, 0.3) is 5.91 Å². The summed E-state index contributed by atoms with van der Waals surface area (Å²) in [4.78, 5) is 17.4. The molecule has 0 spiro atoms. The van der Waals surface area contributed by atoms with E-state index in [1.54, 1.807) is 18.2 Å². The van der Waals surface area contributed by atoms with E-state index in [1.165, 1.54) is 5.06 Å². The third-order valence-corrected chi connectivity index (χ3v) is 2.96. The number of hydrogen-bond donors (Lipinski definition) is 0. The molecule has 1 aromatic carbocycles.